The van der Waals surface area contributed by atoms with Gasteiger partial charge in [-0.15, -0.1) is 11.3 Å². The van der Waals surface area contributed by atoms with Crippen molar-refractivity contribution in [3.05, 3.63) is 45.2 Å². The molecule has 20 heavy (non-hydrogen) atoms. The molecule has 3 aromatic rings. The van der Waals surface area contributed by atoms with Crippen LogP contribution >= 0.6 is 11.3 Å². The number of thiophene rings is 1. The van der Waals surface area contributed by atoms with Crippen LogP contribution in [0.5, 0.6) is 0 Å². The zero-order chi connectivity index (χ0) is 14.1. The molecule has 0 aromatic carbocycles. The van der Waals surface area contributed by atoms with Crippen LogP contribution in [0.1, 0.15) is 11.1 Å². The first-order valence-electron chi connectivity index (χ1n) is 5.99. The molecule has 7 heteroatoms. The third-order valence-corrected chi connectivity index (χ3v) is 3.91. The smallest absolute Gasteiger partial charge is 0.260 e. The Bertz CT molecular complexity index is 825. The molecular formula is C13H12N4O2S. The Morgan fingerprint density at radius 2 is 2.30 bits per heavy atom. The number of aliphatic hydroxyl groups excluding tert-OH is 1. The van der Waals surface area contributed by atoms with Gasteiger partial charge in [-0.05, 0) is 28.6 Å². The molecule has 0 radical (unpaired) electrons. The number of fused-ring (bicyclic) bond motifs is 1. The number of rotatable bonds is 3. The number of aromatic amines is 1. The van der Waals surface area contributed by atoms with Gasteiger partial charge in [-0.2, -0.15) is 0 Å². The van der Waals surface area contributed by atoms with E-state index in [-0.39, 0.29) is 12.2 Å². The summed E-state index contributed by atoms with van der Waals surface area (Å²) in [7, 11) is 0. The molecule has 0 spiro atoms. The third-order valence-electron chi connectivity index (χ3n) is 2.99. The van der Waals surface area contributed by atoms with Gasteiger partial charge in [-0.3, -0.25) is 9.78 Å². The molecule has 0 bridgehead atoms. The molecule has 0 saturated carbocycles. The predicted molar refractivity (Wildman–Crippen MR) is 77.3 cm³/mol. The van der Waals surface area contributed by atoms with Gasteiger partial charge in [0.05, 0.1) is 12.0 Å². The van der Waals surface area contributed by atoms with Crippen molar-refractivity contribution in [1.82, 2.24) is 15.0 Å². The number of aromatic nitrogens is 3. The van der Waals surface area contributed by atoms with Gasteiger partial charge in [0.15, 0.2) is 5.82 Å². The van der Waals surface area contributed by atoms with E-state index in [2.05, 4.69) is 15.0 Å². The maximum atomic E-state index is 12.1. The van der Waals surface area contributed by atoms with E-state index in [1.54, 1.807) is 18.3 Å². The number of hydrogen-bond acceptors (Lipinski definition) is 6. The minimum absolute atomic E-state index is 0.0850. The van der Waals surface area contributed by atoms with Crippen LogP contribution in [0.25, 0.3) is 21.7 Å². The van der Waals surface area contributed by atoms with Gasteiger partial charge in [0, 0.05) is 12.7 Å². The van der Waals surface area contributed by atoms with E-state index in [1.807, 2.05) is 5.38 Å². The van der Waals surface area contributed by atoms with Crippen LogP contribution in [-0.2, 0) is 13.2 Å². The van der Waals surface area contributed by atoms with Crippen LogP contribution in [0.15, 0.2) is 28.5 Å². The van der Waals surface area contributed by atoms with Gasteiger partial charge < -0.3 is 15.8 Å². The van der Waals surface area contributed by atoms with E-state index in [9.17, 15) is 4.79 Å². The van der Waals surface area contributed by atoms with E-state index < -0.39 is 0 Å². The molecule has 6 nitrogen and oxygen atoms in total. The molecular weight excluding hydrogens is 276 g/mol. The summed E-state index contributed by atoms with van der Waals surface area (Å²) in [6.07, 6.45) is 1.57. The van der Waals surface area contributed by atoms with Crippen molar-refractivity contribution in [2.75, 3.05) is 0 Å². The molecule has 102 valence electrons. The van der Waals surface area contributed by atoms with Crippen molar-refractivity contribution in [3.63, 3.8) is 0 Å². The second kappa shape index (κ2) is 5.12. The highest BCUT2D eigenvalue weighted by molar-refractivity contribution is 7.16. The van der Waals surface area contributed by atoms with Crippen molar-refractivity contribution in [2.45, 2.75) is 13.2 Å². The quantitative estimate of drug-likeness (QED) is 0.667. The fourth-order valence-corrected chi connectivity index (χ4v) is 2.93. The predicted octanol–water partition coefficient (Wildman–Crippen LogP) is 0.998. The Labute approximate surface area is 117 Å². The molecule has 3 heterocycles. The first kappa shape index (κ1) is 12.9. The molecule has 3 aromatic heterocycles. The Kier molecular flexibility index (Phi) is 3.31. The molecule has 0 aliphatic rings. The van der Waals surface area contributed by atoms with Crippen LogP contribution in [0.2, 0.25) is 0 Å². The fraction of sp³-hybridized carbons (Fsp3) is 0.154. The summed E-state index contributed by atoms with van der Waals surface area (Å²) in [5, 5.41) is 11.5. The van der Waals surface area contributed by atoms with E-state index in [4.69, 9.17) is 10.8 Å². The van der Waals surface area contributed by atoms with Gasteiger partial charge in [-0.1, -0.05) is 0 Å². The first-order chi connectivity index (χ1) is 9.72. The summed E-state index contributed by atoms with van der Waals surface area (Å²) in [5.74, 6) is 0.392. The summed E-state index contributed by atoms with van der Waals surface area (Å²) in [5.41, 5.74) is 7.42. The average molecular weight is 288 g/mol. The lowest BCUT2D eigenvalue weighted by atomic mass is 10.2. The third kappa shape index (κ3) is 2.11. The van der Waals surface area contributed by atoms with Crippen molar-refractivity contribution in [1.29, 1.82) is 0 Å². The summed E-state index contributed by atoms with van der Waals surface area (Å²) < 4.78 is 0. The molecule has 0 fully saturated rings. The Hall–Kier alpha value is -2.09. The molecule has 3 rings (SSSR count). The molecule has 4 N–H and O–H groups in total. The van der Waals surface area contributed by atoms with Crippen LogP contribution in [0.3, 0.4) is 0 Å². The summed E-state index contributed by atoms with van der Waals surface area (Å²) in [4.78, 5) is 24.1. The largest absolute Gasteiger partial charge is 0.392 e. The second-order valence-electron chi connectivity index (χ2n) is 4.27. The van der Waals surface area contributed by atoms with Crippen LogP contribution in [-0.4, -0.2) is 20.1 Å². The highest BCUT2D eigenvalue weighted by Gasteiger charge is 2.12. The van der Waals surface area contributed by atoms with Gasteiger partial charge in [0.25, 0.3) is 5.56 Å². The standard InChI is InChI=1S/C13H12N4O2S/c14-4-8-6-20-13-10(8)12(19)16-11(17-13)9-3-7(5-18)1-2-15-9/h1-3,6,18H,4-5,14H2,(H,16,17,19). The van der Waals surface area contributed by atoms with Crippen LogP contribution in [0.4, 0.5) is 0 Å². The van der Waals surface area contributed by atoms with Gasteiger partial charge in [0.1, 0.15) is 10.5 Å². The van der Waals surface area contributed by atoms with Gasteiger partial charge in [-0.25, -0.2) is 4.98 Å². The Morgan fingerprint density at radius 1 is 1.45 bits per heavy atom. The SMILES string of the molecule is NCc1csc2nc(-c3cc(CO)ccn3)[nH]c(=O)c12. The molecule has 0 aliphatic heterocycles. The van der Waals surface area contributed by atoms with Crippen molar-refractivity contribution in [2.24, 2.45) is 5.73 Å². The Morgan fingerprint density at radius 3 is 3.05 bits per heavy atom. The van der Waals surface area contributed by atoms with Crippen molar-refractivity contribution >= 4 is 21.6 Å². The molecule has 0 unspecified atom stereocenters. The van der Waals surface area contributed by atoms with E-state index in [1.165, 1.54) is 11.3 Å². The maximum Gasteiger partial charge on any atom is 0.260 e. The summed E-state index contributed by atoms with van der Waals surface area (Å²) in [6, 6.07) is 3.40. The Balaban J connectivity index is 2.20. The number of nitrogens with zero attached hydrogens (tertiary/aromatic N) is 2. The van der Waals surface area contributed by atoms with Crippen LogP contribution in [0, 0.1) is 0 Å². The van der Waals surface area contributed by atoms with E-state index in [0.29, 0.717) is 33.8 Å². The van der Waals surface area contributed by atoms with Gasteiger partial charge in [0.2, 0.25) is 0 Å². The minimum atomic E-state index is -0.220. The number of nitrogens with two attached hydrogens (primary N) is 1. The normalized spacial score (nSPS) is 11.1. The molecule has 0 saturated heterocycles. The maximum absolute atomic E-state index is 12.1. The topological polar surface area (TPSA) is 105 Å². The van der Waals surface area contributed by atoms with Crippen molar-refractivity contribution < 1.29 is 5.11 Å². The van der Waals surface area contributed by atoms with E-state index >= 15 is 0 Å². The number of pyridine rings is 1. The lowest BCUT2D eigenvalue weighted by molar-refractivity contribution is 0.282. The minimum Gasteiger partial charge on any atom is -0.392 e. The summed E-state index contributed by atoms with van der Waals surface area (Å²) in [6.45, 7) is 0.223. The number of nitrogens with one attached hydrogen (secondary N) is 1. The number of aliphatic hydroxyl groups is 1. The monoisotopic (exact) mass is 288 g/mol. The van der Waals surface area contributed by atoms with Gasteiger partial charge >= 0.3 is 0 Å². The molecule has 0 atom stereocenters. The first-order valence-corrected chi connectivity index (χ1v) is 6.87. The number of hydrogen-bond donors (Lipinski definition) is 3. The second-order valence-corrected chi connectivity index (χ2v) is 5.13. The summed E-state index contributed by atoms with van der Waals surface area (Å²) >= 11 is 1.38. The average Bonchev–Trinajstić information content (AvgIpc) is 2.91. The number of H-pyrrole nitrogens is 1. The zero-order valence-corrected chi connectivity index (χ0v) is 11.3. The molecule has 0 aliphatic carbocycles. The lowest BCUT2D eigenvalue weighted by Gasteiger charge is -2.02. The molecule has 0 amide bonds. The van der Waals surface area contributed by atoms with Crippen LogP contribution < -0.4 is 11.3 Å². The highest BCUT2D eigenvalue weighted by Crippen LogP contribution is 2.22. The van der Waals surface area contributed by atoms with E-state index in [0.717, 1.165) is 5.56 Å². The fourth-order valence-electron chi connectivity index (χ4n) is 1.98. The lowest BCUT2D eigenvalue weighted by Crippen LogP contribution is -2.11. The highest BCUT2D eigenvalue weighted by atomic mass is 32.1. The van der Waals surface area contributed by atoms with Crippen molar-refractivity contribution in [3.8, 4) is 11.5 Å². The zero-order valence-electron chi connectivity index (χ0n) is 10.5.